The van der Waals surface area contributed by atoms with Gasteiger partial charge in [-0.1, -0.05) is 30.3 Å². The third kappa shape index (κ3) is 3.23. The molecule has 0 aliphatic carbocycles. The Kier molecular flexibility index (Phi) is 4.50. The smallest absolute Gasteiger partial charge is 0.351 e. The molecule has 0 aliphatic rings. The summed E-state index contributed by atoms with van der Waals surface area (Å²) in [5.41, 5.74) is 1.26. The van der Waals surface area contributed by atoms with Crippen molar-refractivity contribution in [2.75, 3.05) is 7.11 Å². The van der Waals surface area contributed by atoms with Crippen molar-refractivity contribution < 1.29 is 19.1 Å². The number of hydrogen-bond acceptors (Lipinski definition) is 4. The third-order valence-corrected chi connectivity index (χ3v) is 2.79. The van der Waals surface area contributed by atoms with Crippen LogP contribution in [0.1, 0.15) is 22.0 Å². The second kappa shape index (κ2) is 6.52. The van der Waals surface area contributed by atoms with Gasteiger partial charge < -0.3 is 9.47 Å². The van der Waals surface area contributed by atoms with Gasteiger partial charge in [0, 0.05) is 11.1 Å². The summed E-state index contributed by atoms with van der Waals surface area (Å²) in [6.07, 6.45) is -0.0815. The first-order chi connectivity index (χ1) is 9.74. The van der Waals surface area contributed by atoms with Crippen LogP contribution in [-0.4, -0.2) is 19.4 Å². The molecule has 0 aromatic heterocycles. The second-order valence-electron chi connectivity index (χ2n) is 4.12. The number of ether oxygens (including phenoxy) is 2. The maximum atomic E-state index is 11.8. The van der Waals surface area contributed by atoms with Crippen molar-refractivity contribution in [1.82, 2.24) is 0 Å². The maximum Gasteiger partial charge on any atom is 0.351 e. The highest BCUT2D eigenvalue weighted by atomic mass is 16.6. The lowest BCUT2D eigenvalue weighted by molar-refractivity contribution is -0.149. The van der Waals surface area contributed by atoms with Crippen molar-refractivity contribution in [2.45, 2.75) is 6.10 Å². The van der Waals surface area contributed by atoms with Gasteiger partial charge in [-0.25, -0.2) is 4.79 Å². The van der Waals surface area contributed by atoms with Crippen LogP contribution in [0.25, 0.3) is 0 Å². The molecule has 0 amide bonds. The van der Waals surface area contributed by atoms with Crippen LogP contribution < -0.4 is 4.74 Å². The lowest BCUT2D eigenvalue weighted by Gasteiger charge is -2.17. The Labute approximate surface area is 116 Å². The van der Waals surface area contributed by atoms with Crippen LogP contribution in [0.4, 0.5) is 0 Å². The minimum atomic E-state index is -0.830. The van der Waals surface area contributed by atoms with Crippen LogP contribution in [0.2, 0.25) is 0 Å². The molecule has 0 bridgehead atoms. The van der Waals surface area contributed by atoms with Gasteiger partial charge in [0.25, 0.3) is 0 Å². The lowest BCUT2D eigenvalue weighted by atomic mass is 10.1. The molecule has 0 heterocycles. The molecule has 0 saturated carbocycles. The molecule has 2 rings (SSSR count). The Balaban J connectivity index is 2.23. The Hall–Kier alpha value is -2.62. The molecule has 0 spiro atoms. The summed E-state index contributed by atoms with van der Waals surface area (Å²) < 4.78 is 10.4. The van der Waals surface area contributed by atoms with Gasteiger partial charge in [-0.2, -0.15) is 0 Å². The van der Waals surface area contributed by atoms with Gasteiger partial charge in [-0.15, -0.1) is 0 Å². The van der Waals surface area contributed by atoms with E-state index in [4.69, 9.17) is 9.47 Å². The standard InChI is InChI=1S/C16H14O4/c1-19-16(18)15(13-5-3-2-4-6-13)20-14-9-7-12(11-17)8-10-14/h2-11,15H,1H3/t15-/m0/s1. The first-order valence-electron chi connectivity index (χ1n) is 6.09. The highest BCUT2D eigenvalue weighted by Gasteiger charge is 2.23. The van der Waals surface area contributed by atoms with E-state index in [9.17, 15) is 9.59 Å². The fraction of sp³-hybridized carbons (Fsp3) is 0.125. The monoisotopic (exact) mass is 270 g/mol. The van der Waals surface area contributed by atoms with Gasteiger partial charge >= 0.3 is 5.97 Å². The summed E-state index contributed by atoms with van der Waals surface area (Å²) >= 11 is 0. The Morgan fingerprint density at radius 2 is 1.70 bits per heavy atom. The molecule has 2 aromatic rings. The molecule has 0 radical (unpaired) electrons. The van der Waals surface area contributed by atoms with Crippen LogP contribution in [0.5, 0.6) is 5.75 Å². The Morgan fingerprint density at radius 1 is 1.05 bits per heavy atom. The molecule has 4 nitrogen and oxygen atoms in total. The lowest BCUT2D eigenvalue weighted by Crippen LogP contribution is -2.20. The molecule has 4 heteroatoms. The van der Waals surface area contributed by atoms with Gasteiger partial charge in [0.05, 0.1) is 7.11 Å². The van der Waals surface area contributed by atoms with Gasteiger partial charge in [-0.05, 0) is 24.3 Å². The average Bonchev–Trinajstić information content (AvgIpc) is 2.53. The molecule has 102 valence electrons. The molecule has 1 atom stereocenters. The van der Waals surface area contributed by atoms with Crippen molar-refractivity contribution >= 4 is 12.3 Å². The number of esters is 1. The number of benzene rings is 2. The number of carbonyl (C=O) groups is 2. The van der Waals surface area contributed by atoms with E-state index >= 15 is 0 Å². The summed E-state index contributed by atoms with van der Waals surface area (Å²) in [5, 5.41) is 0. The number of aldehydes is 1. The van der Waals surface area contributed by atoms with E-state index in [0.717, 1.165) is 6.29 Å². The van der Waals surface area contributed by atoms with Gasteiger partial charge in [0.2, 0.25) is 6.10 Å². The number of hydrogen-bond donors (Lipinski definition) is 0. The van der Waals surface area contributed by atoms with E-state index in [1.165, 1.54) is 7.11 Å². The normalized spacial score (nSPS) is 11.4. The van der Waals surface area contributed by atoms with E-state index in [2.05, 4.69) is 0 Å². The van der Waals surface area contributed by atoms with Crippen molar-refractivity contribution in [3.05, 3.63) is 65.7 Å². The summed E-state index contributed by atoms with van der Waals surface area (Å²) in [6.45, 7) is 0. The molecular weight excluding hydrogens is 256 g/mol. The quantitative estimate of drug-likeness (QED) is 0.619. The molecule has 0 unspecified atom stereocenters. The topological polar surface area (TPSA) is 52.6 Å². The molecule has 0 fully saturated rings. The van der Waals surface area contributed by atoms with Crippen LogP contribution in [0.15, 0.2) is 54.6 Å². The third-order valence-electron chi connectivity index (χ3n) is 2.79. The summed E-state index contributed by atoms with van der Waals surface area (Å²) in [6, 6.07) is 15.6. The van der Waals surface area contributed by atoms with Crippen molar-refractivity contribution in [2.24, 2.45) is 0 Å². The molecule has 0 N–H and O–H groups in total. The fourth-order valence-electron chi connectivity index (χ4n) is 1.75. The van der Waals surface area contributed by atoms with E-state index in [0.29, 0.717) is 16.9 Å². The average molecular weight is 270 g/mol. The zero-order valence-electron chi connectivity index (χ0n) is 11.0. The number of methoxy groups -OCH3 is 1. The van der Waals surface area contributed by atoms with Gasteiger partial charge in [0.15, 0.2) is 0 Å². The predicted molar refractivity (Wildman–Crippen MR) is 73.7 cm³/mol. The summed E-state index contributed by atoms with van der Waals surface area (Å²) in [5.74, 6) is 0.0190. The van der Waals surface area contributed by atoms with Gasteiger partial charge in [0.1, 0.15) is 12.0 Å². The molecule has 20 heavy (non-hydrogen) atoms. The SMILES string of the molecule is COC(=O)[C@@H](Oc1ccc(C=O)cc1)c1ccccc1. The van der Waals surface area contributed by atoms with Crippen LogP contribution >= 0.6 is 0 Å². The van der Waals surface area contributed by atoms with Crippen molar-refractivity contribution in [3.8, 4) is 5.75 Å². The van der Waals surface area contributed by atoms with Crippen LogP contribution in [0.3, 0.4) is 0 Å². The zero-order valence-corrected chi connectivity index (χ0v) is 11.0. The van der Waals surface area contributed by atoms with E-state index in [1.807, 2.05) is 18.2 Å². The highest BCUT2D eigenvalue weighted by molar-refractivity contribution is 5.77. The molecule has 0 saturated heterocycles. The van der Waals surface area contributed by atoms with Crippen LogP contribution in [0, 0.1) is 0 Å². The van der Waals surface area contributed by atoms with E-state index in [1.54, 1.807) is 36.4 Å². The van der Waals surface area contributed by atoms with E-state index in [-0.39, 0.29) is 0 Å². The molecule has 2 aromatic carbocycles. The molecule has 0 aliphatic heterocycles. The van der Waals surface area contributed by atoms with Crippen LogP contribution in [-0.2, 0) is 9.53 Å². The summed E-state index contributed by atoms with van der Waals surface area (Å²) in [4.78, 5) is 22.4. The maximum absolute atomic E-state index is 11.8. The second-order valence-corrected chi connectivity index (χ2v) is 4.12. The molecular formula is C16H14O4. The Morgan fingerprint density at radius 3 is 2.25 bits per heavy atom. The minimum Gasteiger partial charge on any atom is -0.474 e. The Bertz CT molecular complexity index is 575. The van der Waals surface area contributed by atoms with Crippen molar-refractivity contribution in [1.29, 1.82) is 0 Å². The number of carbonyl (C=O) groups excluding carboxylic acids is 2. The van der Waals surface area contributed by atoms with Crippen molar-refractivity contribution in [3.63, 3.8) is 0 Å². The first kappa shape index (κ1) is 13.8. The predicted octanol–water partition coefficient (Wildman–Crippen LogP) is 2.79. The summed E-state index contributed by atoms with van der Waals surface area (Å²) in [7, 11) is 1.32. The largest absolute Gasteiger partial charge is 0.474 e. The van der Waals surface area contributed by atoms with Gasteiger partial charge in [-0.3, -0.25) is 4.79 Å². The first-order valence-corrected chi connectivity index (χ1v) is 6.09. The van der Waals surface area contributed by atoms with E-state index < -0.39 is 12.1 Å². The zero-order chi connectivity index (χ0) is 14.4. The highest BCUT2D eigenvalue weighted by Crippen LogP contribution is 2.23. The fourth-order valence-corrected chi connectivity index (χ4v) is 1.75. The minimum absolute atomic E-state index is 0.476. The number of rotatable bonds is 5.